The van der Waals surface area contributed by atoms with Crippen molar-refractivity contribution in [3.63, 3.8) is 0 Å². The van der Waals surface area contributed by atoms with Crippen molar-refractivity contribution in [3.05, 3.63) is 0 Å². The molecule has 1 saturated carbocycles. The number of carboxylic acids is 1. The zero-order valence-electron chi connectivity index (χ0n) is 10.7. The second-order valence-electron chi connectivity index (χ2n) is 5.01. The Balaban J connectivity index is 2.54. The fraction of sp³-hybridized carbons (Fsp3) is 0.833. The van der Waals surface area contributed by atoms with Crippen LogP contribution in [0.1, 0.15) is 32.1 Å². The summed E-state index contributed by atoms with van der Waals surface area (Å²) in [6.07, 6.45) is -3.72. The molecule has 4 nitrogen and oxygen atoms in total. The first kappa shape index (κ1) is 15.8. The highest BCUT2D eigenvalue weighted by Crippen LogP contribution is 2.40. The van der Waals surface area contributed by atoms with Crippen molar-refractivity contribution in [2.75, 3.05) is 13.6 Å². The Bertz CT molecular complexity index is 344. The standard InChI is InChI=1S/C12H18F3NO3/c1-16(6-5-10(17)18)11(19)8-3-2-4-9(7-8)12(13,14)15/h8-9H,2-7H2,1H3,(H,17,18). The number of carbonyl (C=O) groups excluding carboxylic acids is 1. The molecule has 7 heteroatoms. The highest BCUT2D eigenvalue weighted by molar-refractivity contribution is 5.79. The van der Waals surface area contributed by atoms with Crippen LogP contribution in [-0.4, -0.2) is 41.7 Å². The van der Waals surface area contributed by atoms with E-state index in [1.807, 2.05) is 0 Å². The summed E-state index contributed by atoms with van der Waals surface area (Å²) in [6.45, 7) is 0.0291. The average Bonchev–Trinajstić information content (AvgIpc) is 2.34. The molecule has 110 valence electrons. The topological polar surface area (TPSA) is 57.6 Å². The third kappa shape index (κ3) is 4.72. The Morgan fingerprint density at radius 2 is 1.95 bits per heavy atom. The number of hydrogen-bond donors (Lipinski definition) is 1. The molecule has 2 unspecified atom stereocenters. The van der Waals surface area contributed by atoms with Gasteiger partial charge < -0.3 is 10.0 Å². The molecule has 1 N–H and O–H groups in total. The van der Waals surface area contributed by atoms with Crippen molar-refractivity contribution in [2.24, 2.45) is 11.8 Å². The number of nitrogens with zero attached hydrogens (tertiary/aromatic N) is 1. The Morgan fingerprint density at radius 1 is 1.32 bits per heavy atom. The number of hydrogen-bond acceptors (Lipinski definition) is 2. The zero-order valence-corrected chi connectivity index (χ0v) is 10.7. The molecule has 1 amide bonds. The minimum Gasteiger partial charge on any atom is -0.481 e. The minimum atomic E-state index is -4.25. The molecule has 0 radical (unpaired) electrons. The first-order valence-electron chi connectivity index (χ1n) is 6.25. The Labute approximate surface area is 109 Å². The highest BCUT2D eigenvalue weighted by atomic mass is 19.4. The van der Waals surface area contributed by atoms with E-state index in [1.54, 1.807) is 0 Å². The van der Waals surface area contributed by atoms with E-state index in [0.717, 1.165) is 0 Å². The van der Waals surface area contributed by atoms with Gasteiger partial charge in [-0.2, -0.15) is 13.2 Å². The number of carbonyl (C=O) groups is 2. The number of alkyl halides is 3. The zero-order chi connectivity index (χ0) is 14.6. The molecular weight excluding hydrogens is 263 g/mol. The predicted octanol–water partition coefficient (Wildman–Crippen LogP) is 2.29. The molecule has 0 heterocycles. The van der Waals surface area contributed by atoms with E-state index in [4.69, 9.17) is 5.11 Å². The maximum absolute atomic E-state index is 12.6. The van der Waals surface area contributed by atoms with Gasteiger partial charge in [-0.05, 0) is 19.3 Å². The Kier molecular flexibility index (Phi) is 5.20. The fourth-order valence-corrected chi connectivity index (χ4v) is 2.40. The summed E-state index contributed by atoms with van der Waals surface area (Å²) in [5.74, 6) is -3.46. The van der Waals surface area contributed by atoms with Gasteiger partial charge >= 0.3 is 12.1 Å². The van der Waals surface area contributed by atoms with Crippen molar-refractivity contribution < 1.29 is 27.9 Å². The van der Waals surface area contributed by atoms with Crippen molar-refractivity contribution in [3.8, 4) is 0 Å². The predicted molar refractivity (Wildman–Crippen MR) is 61.4 cm³/mol. The van der Waals surface area contributed by atoms with Gasteiger partial charge in [-0.25, -0.2) is 0 Å². The molecule has 0 saturated heterocycles. The smallest absolute Gasteiger partial charge is 0.391 e. The number of carboxylic acid groups (broad SMARTS) is 1. The van der Waals surface area contributed by atoms with Crippen LogP contribution >= 0.6 is 0 Å². The molecule has 19 heavy (non-hydrogen) atoms. The van der Waals surface area contributed by atoms with Crippen LogP contribution < -0.4 is 0 Å². The lowest BCUT2D eigenvalue weighted by molar-refractivity contribution is -0.187. The van der Waals surface area contributed by atoms with Crippen LogP contribution in [0, 0.1) is 11.8 Å². The quantitative estimate of drug-likeness (QED) is 0.860. The summed E-state index contributed by atoms with van der Waals surface area (Å²) in [5.41, 5.74) is 0. The summed E-state index contributed by atoms with van der Waals surface area (Å²) in [4.78, 5) is 23.6. The van der Waals surface area contributed by atoms with E-state index in [-0.39, 0.29) is 31.7 Å². The first-order valence-corrected chi connectivity index (χ1v) is 6.25. The van der Waals surface area contributed by atoms with Gasteiger partial charge in [0, 0.05) is 19.5 Å². The van der Waals surface area contributed by atoms with Crippen LogP contribution in [0.3, 0.4) is 0 Å². The Morgan fingerprint density at radius 3 is 2.47 bits per heavy atom. The van der Waals surface area contributed by atoms with E-state index in [1.165, 1.54) is 11.9 Å². The Hall–Kier alpha value is -1.27. The van der Waals surface area contributed by atoms with E-state index < -0.39 is 24.0 Å². The van der Waals surface area contributed by atoms with E-state index in [9.17, 15) is 22.8 Å². The van der Waals surface area contributed by atoms with E-state index >= 15 is 0 Å². The number of amides is 1. The molecule has 1 aliphatic rings. The van der Waals surface area contributed by atoms with Gasteiger partial charge in [0.05, 0.1) is 12.3 Å². The molecule has 0 spiro atoms. The summed E-state index contributed by atoms with van der Waals surface area (Å²) >= 11 is 0. The number of halogens is 3. The van der Waals surface area contributed by atoms with Crippen molar-refractivity contribution in [2.45, 2.75) is 38.3 Å². The third-order valence-electron chi connectivity index (χ3n) is 3.52. The maximum Gasteiger partial charge on any atom is 0.391 e. The largest absolute Gasteiger partial charge is 0.481 e. The van der Waals surface area contributed by atoms with Gasteiger partial charge in [-0.15, -0.1) is 0 Å². The van der Waals surface area contributed by atoms with Crippen molar-refractivity contribution >= 4 is 11.9 Å². The second kappa shape index (κ2) is 6.25. The normalized spacial score (nSPS) is 24.0. The summed E-state index contributed by atoms with van der Waals surface area (Å²) in [7, 11) is 1.43. The molecule has 1 rings (SSSR count). The maximum atomic E-state index is 12.6. The first-order chi connectivity index (χ1) is 8.71. The van der Waals surface area contributed by atoms with Crippen LogP contribution in [0.5, 0.6) is 0 Å². The SMILES string of the molecule is CN(CCC(=O)O)C(=O)C1CCCC(C(F)(F)F)C1. The molecule has 1 aliphatic carbocycles. The van der Waals surface area contributed by atoms with Crippen LogP contribution in [-0.2, 0) is 9.59 Å². The molecule has 2 atom stereocenters. The summed E-state index contributed by atoms with van der Waals surface area (Å²) in [5, 5.41) is 8.52. The van der Waals surface area contributed by atoms with Crippen LogP contribution in [0.2, 0.25) is 0 Å². The third-order valence-corrected chi connectivity index (χ3v) is 3.52. The van der Waals surface area contributed by atoms with Crippen LogP contribution in [0.15, 0.2) is 0 Å². The van der Waals surface area contributed by atoms with E-state index in [2.05, 4.69) is 0 Å². The lowest BCUT2D eigenvalue weighted by Gasteiger charge is -2.32. The molecule has 1 fully saturated rings. The van der Waals surface area contributed by atoms with Gasteiger partial charge in [-0.1, -0.05) is 6.42 Å². The summed E-state index contributed by atoms with van der Waals surface area (Å²) < 4.78 is 37.9. The molecule has 0 aromatic heterocycles. The molecule has 0 aromatic rings. The highest BCUT2D eigenvalue weighted by Gasteiger charge is 2.43. The lowest BCUT2D eigenvalue weighted by Crippen LogP contribution is -2.39. The fourth-order valence-electron chi connectivity index (χ4n) is 2.40. The second-order valence-corrected chi connectivity index (χ2v) is 5.01. The molecule has 0 aliphatic heterocycles. The van der Waals surface area contributed by atoms with Gasteiger partial charge in [0.25, 0.3) is 0 Å². The van der Waals surface area contributed by atoms with Crippen molar-refractivity contribution in [1.82, 2.24) is 4.90 Å². The lowest BCUT2D eigenvalue weighted by atomic mass is 9.80. The minimum absolute atomic E-state index is 0.0291. The average molecular weight is 281 g/mol. The molecule has 0 bridgehead atoms. The van der Waals surface area contributed by atoms with Gasteiger partial charge in [0.1, 0.15) is 0 Å². The number of aliphatic carboxylic acids is 1. The van der Waals surface area contributed by atoms with Crippen LogP contribution in [0.25, 0.3) is 0 Å². The van der Waals surface area contributed by atoms with Gasteiger partial charge in [0.2, 0.25) is 5.91 Å². The van der Waals surface area contributed by atoms with Gasteiger partial charge in [-0.3, -0.25) is 9.59 Å². The molecule has 0 aromatic carbocycles. The van der Waals surface area contributed by atoms with Crippen molar-refractivity contribution in [1.29, 1.82) is 0 Å². The van der Waals surface area contributed by atoms with Crippen LogP contribution in [0.4, 0.5) is 13.2 Å². The van der Waals surface area contributed by atoms with Gasteiger partial charge in [0.15, 0.2) is 0 Å². The monoisotopic (exact) mass is 281 g/mol. The molecular formula is C12H18F3NO3. The number of rotatable bonds is 4. The van der Waals surface area contributed by atoms with E-state index in [0.29, 0.717) is 12.8 Å². The summed E-state index contributed by atoms with van der Waals surface area (Å²) in [6, 6.07) is 0.